The van der Waals surface area contributed by atoms with Crippen LogP contribution >= 0.6 is 0 Å². The predicted octanol–water partition coefficient (Wildman–Crippen LogP) is 0.967. The van der Waals surface area contributed by atoms with Gasteiger partial charge in [-0.15, -0.1) is 0 Å². The first kappa shape index (κ1) is 13.7. The Labute approximate surface area is 111 Å². The molecule has 19 heavy (non-hydrogen) atoms. The Bertz CT molecular complexity index is 441. The van der Waals surface area contributed by atoms with Gasteiger partial charge >= 0.3 is 5.69 Å². The second-order valence-corrected chi connectivity index (χ2v) is 4.41. The van der Waals surface area contributed by atoms with Crippen LogP contribution in [0.4, 0.5) is 11.5 Å². The van der Waals surface area contributed by atoms with E-state index in [1.54, 1.807) is 12.3 Å². The fourth-order valence-corrected chi connectivity index (χ4v) is 2.26. The van der Waals surface area contributed by atoms with Crippen LogP contribution in [-0.2, 0) is 4.74 Å². The molecule has 104 valence electrons. The van der Waals surface area contributed by atoms with E-state index < -0.39 is 4.92 Å². The summed E-state index contributed by atoms with van der Waals surface area (Å²) in [5.41, 5.74) is 0.0188. The summed E-state index contributed by atoms with van der Waals surface area (Å²) in [5, 5.41) is 19.7. The van der Waals surface area contributed by atoms with Gasteiger partial charge in [0.05, 0.1) is 24.2 Å². The number of piperidine rings is 1. The smallest absolute Gasteiger partial charge is 0.311 e. The highest BCUT2D eigenvalue weighted by Crippen LogP contribution is 2.27. The summed E-state index contributed by atoms with van der Waals surface area (Å²) in [6.07, 6.45) is 3.34. The van der Waals surface area contributed by atoms with E-state index in [1.165, 1.54) is 6.07 Å². The maximum atomic E-state index is 11.0. The number of nitro groups is 1. The highest BCUT2D eigenvalue weighted by atomic mass is 16.6. The summed E-state index contributed by atoms with van der Waals surface area (Å²) in [5.74, 6) is 0.393. The minimum Gasteiger partial charge on any atom is -0.394 e. The number of nitrogens with zero attached hydrogens (tertiary/aromatic N) is 3. The second kappa shape index (κ2) is 6.44. The molecule has 0 aliphatic carbocycles. The molecule has 1 aliphatic rings. The molecule has 1 aromatic heterocycles. The molecule has 0 amide bonds. The molecule has 7 heteroatoms. The van der Waals surface area contributed by atoms with Gasteiger partial charge in [-0.3, -0.25) is 10.1 Å². The molecule has 0 bridgehead atoms. The molecule has 0 spiro atoms. The van der Waals surface area contributed by atoms with E-state index in [2.05, 4.69) is 4.98 Å². The van der Waals surface area contributed by atoms with Crippen LogP contribution in [0.15, 0.2) is 18.3 Å². The van der Waals surface area contributed by atoms with E-state index in [-0.39, 0.29) is 18.4 Å². The van der Waals surface area contributed by atoms with Crippen LogP contribution in [0.25, 0.3) is 0 Å². The summed E-state index contributed by atoms with van der Waals surface area (Å²) in [6, 6.07) is 3.02. The molecule has 1 aliphatic heterocycles. The van der Waals surface area contributed by atoms with Crippen LogP contribution in [0, 0.1) is 10.1 Å². The first-order chi connectivity index (χ1) is 9.22. The van der Waals surface area contributed by atoms with Gasteiger partial charge in [0.1, 0.15) is 0 Å². The predicted molar refractivity (Wildman–Crippen MR) is 69.2 cm³/mol. The van der Waals surface area contributed by atoms with E-state index in [4.69, 9.17) is 9.84 Å². The maximum absolute atomic E-state index is 11.0. The van der Waals surface area contributed by atoms with Crippen molar-refractivity contribution in [1.29, 1.82) is 0 Å². The topological polar surface area (TPSA) is 88.7 Å². The van der Waals surface area contributed by atoms with Crippen molar-refractivity contribution in [1.82, 2.24) is 4.98 Å². The van der Waals surface area contributed by atoms with Crippen LogP contribution in [0.5, 0.6) is 0 Å². The van der Waals surface area contributed by atoms with Gasteiger partial charge < -0.3 is 14.7 Å². The Morgan fingerprint density at radius 1 is 1.63 bits per heavy atom. The minimum absolute atomic E-state index is 0.0116. The fraction of sp³-hybridized carbons (Fsp3) is 0.583. The fourth-order valence-electron chi connectivity index (χ4n) is 2.26. The third kappa shape index (κ3) is 3.39. The Balaban J connectivity index is 2.11. The molecule has 1 saturated heterocycles. The van der Waals surface area contributed by atoms with Gasteiger partial charge in [0, 0.05) is 25.4 Å². The average Bonchev–Trinajstić information content (AvgIpc) is 2.45. The van der Waals surface area contributed by atoms with E-state index >= 15 is 0 Å². The lowest BCUT2D eigenvalue weighted by molar-refractivity contribution is -0.384. The van der Waals surface area contributed by atoms with Gasteiger partial charge in [-0.25, -0.2) is 4.98 Å². The lowest BCUT2D eigenvalue weighted by atomic mass is 10.1. The standard InChI is InChI=1S/C12H17N3O4/c16-7-8-19-10-3-2-6-14(9-10)12-11(15(17)18)4-1-5-13-12/h1,4-5,10,16H,2-3,6-9H2. The number of anilines is 1. The van der Waals surface area contributed by atoms with Crippen molar-refractivity contribution in [3.8, 4) is 0 Å². The SMILES string of the molecule is O=[N+]([O-])c1cccnc1N1CCCC(OCCO)C1. The van der Waals surface area contributed by atoms with Crippen molar-refractivity contribution >= 4 is 11.5 Å². The summed E-state index contributed by atoms with van der Waals surface area (Å²) in [7, 11) is 0. The van der Waals surface area contributed by atoms with Crippen LogP contribution in [0.2, 0.25) is 0 Å². The average molecular weight is 267 g/mol. The van der Waals surface area contributed by atoms with Crippen molar-refractivity contribution in [3.05, 3.63) is 28.4 Å². The highest BCUT2D eigenvalue weighted by molar-refractivity contribution is 5.57. The van der Waals surface area contributed by atoms with Gasteiger partial charge in [-0.2, -0.15) is 0 Å². The number of aliphatic hydroxyl groups excluding tert-OH is 1. The van der Waals surface area contributed by atoms with Crippen molar-refractivity contribution < 1.29 is 14.8 Å². The zero-order valence-electron chi connectivity index (χ0n) is 10.6. The number of aromatic nitrogens is 1. The molecular formula is C12H17N3O4. The monoisotopic (exact) mass is 267 g/mol. The number of aliphatic hydroxyl groups is 1. The lowest BCUT2D eigenvalue weighted by Crippen LogP contribution is -2.40. The van der Waals surface area contributed by atoms with Crippen molar-refractivity contribution in [2.75, 3.05) is 31.2 Å². The molecule has 2 heterocycles. The molecule has 0 aromatic carbocycles. The maximum Gasteiger partial charge on any atom is 0.311 e. The molecule has 1 atom stereocenters. The van der Waals surface area contributed by atoms with E-state index in [1.807, 2.05) is 4.90 Å². The number of pyridine rings is 1. The largest absolute Gasteiger partial charge is 0.394 e. The molecule has 2 rings (SSSR count). The molecule has 1 fully saturated rings. The lowest BCUT2D eigenvalue weighted by Gasteiger charge is -2.32. The Hall–Kier alpha value is -1.73. The third-order valence-electron chi connectivity index (χ3n) is 3.09. The molecule has 7 nitrogen and oxygen atoms in total. The normalized spacial score (nSPS) is 19.4. The first-order valence-corrected chi connectivity index (χ1v) is 6.29. The molecule has 0 saturated carbocycles. The Morgan fingerprint density at radius 3 is 3.21 bits per heavy atom. The minimum atomic E-state index is -0.416. The van der Waals surface area contributed by atoms with E-state index in [0.29, 0.717) is 19.0 Å². The molecule has 1 aromatic rings. The van der Waals surface area contributed by atoms with Crippen molar-refractivity contribution in [2.24, 2.45) is 0 Å². The molecular weight excluding hydrogens is 250 g/mol. The Kier molecular flexibility index (Phi) is 4.64. The summed E-state index contributed by atoms with van der Waals surface area (Å²) >= 11 is 0. The number of rotatable bonds is 5. The summed E-state index contributed by atoms with van der Waals surface area (Å²) < 4.78 is 5.49. The number of hydrogen-bond acceptors (Lipinski definition) is 6. The van der Waals surface area contributed by atoms with E-state index in [9.17, 15) is 10.1 Å². The van der Waals surface area contributed by atoms with Crippen molar-refractivity contribution in [3.63, 3.8) is 0 Å². The highest BCUT2D eigenvalue weighted by Gasteiger charge is 2.26. The van der Waals surface area contributed by atoms with Crippen LogP contribution in [-0.4, -0.2) is 47.4 Å². The van der Waals surface area contributed by atoms with Gasteiger partial charge in [-0.05, 0) is 18.9 Å². The van der Waals surface area contributed by atoms with Crippen molar-refractivity contribution in [2.45, 2.75) is 18.9 Å². The quantitative estimate of drug-likeness (QED) is 0.631. The van der Waals surface area contributed by atoms with Crippen LogP contribution in [0.1, 0.15) is 12.8 Å². The molecule has 1 unspecified atom stereocenters. The first-order valence-electron chi connectivity index (χ1n) is 6.29. The molecule has 0 radical (unpaired) electrons. The van der Waals surface area contributed by atoms with Crippen LogP contribution in [0.3, 0.4) is 0 Å². The van der Waals surface area contributed by atoms with E-state index in [0.717, 1.165) is 19.4 Å². The number of ether oxygens (including phenoxy) is 1. The zero-order valence-corrected chi connectivity index (χ0v) is 10.6. The van der Waals surface area contributed by atoms with Gasteiger partial charge in [-0.1, -0.05) is 0 Å². The number of hydrogen-bond donors (Lipinski definition) is 1. The van der Waals surface area contributed by atoms with Crippen LogP contribution < -0.4 is 4.90 Å². The third-order valence-corrected chi connectivity index (χ3v) is 3.09. The van der Waals surface area contributed by atoms with Gasteiger partial charge in [0.15, 0.2) is 0 Å². The zero-order chi connectivity index (χ0) is 13.7. The summed E-state index contributed by atoms with van der Waals surface area (Å²) in [4.78, 5) is 16.6. The summed E-state index contributed by atoms with van der Waals surface area (Å²) in [6.45, 7) is 1.58. The molecule has 1 N–H and O–H groups in total. The second-order valence-electron chi connectivity index (χ2n) is 4.41. The Morgan fingerprint density at radius 2 is 2.47 bits per heavy atom. The van der Waals surface area contributed by atoms with Gasteiger partial charge in [0.25, 0.3) is 0 Å². The van der Waals surface area contributed by atoms with Gasteiger partial charge in [0.2, 0.25) is 5.82 Å².